The number of nitrogens with two attached hydrogens (primary N) is 1. The van der Waals surface area contributed by atoms with Crippen molar-refractivity contribution < 1.29 is 9.47 Å². The molecule has 0 amide bonds. The van der Waals surface area contributed by atoms with Crippen LogP contribution in [0.4, 0.5) is 0 Å². The van der Waals surface area contributed by atoms with Gasteiger partial charge in [-0.05, 0) is 18.9 Å². The van der Waals surface area contributed by atoms with Gasteiger partial charge < -0.3 is 20.1 Å². The Bertz CT molecular complexity index is 320. The minimum Gasteiger partial charge on any atom is -0.377 e. The first-order valence-corrected chi connectivity index (χ1v) is 6.18. The van der Waals surface area contributed by atoms with Crippen LogP contribution >= 0.6 is 24.0 Å². The lowest BCUT2D eigenvalue weighted by molar-refractivity contribution is 0.00531. The number of ether oxygens (including phenoxy) is 2. The van der Waals surface area contributed by atoms with Gasteiger partial charge in [-0.15, -0.1) is 24.0 Å². The first-order valence-electron chi connectivity index (χ1n) is 6.18. The topological polar surface area (TPSA) is 60.1 Å². The minimum absolute atomic E-state index is 0. The van der Waals surface area contributed by atoms with Crippen LogP contribution in [0.2, 0.25) is 0 Å². The van der Waals surface area contributed by atoms with Crippen molar-refractivity contribution in [3.05, 3.63) is 11.6 Å². The summed E-state index contributed by atoms with van der Waals surface area (Å²) in [6.45, 7) is 6.60. The third kappa shape index (κ3) is 4.74. The molecule has 104 valence electrons. The average molecular weight is 367 g/mol. The number of rotatable bonds is 2. The second-order valence-corrected chi connectivity index (χ2v) is 4.51. The lowest BCUT2D eigenvalue weighted by Crippen LogP contribution is -2.48. The van der Waals surface area contributed by atoms with Gasteiger partial charge in [-0.25, -0.2) is 4.99 Å². The molecule has 1 saturated heterocycles. The number of halogens is 1. The third-order valence-corrected chi connectivity index (χ3v) is 2.99. The van der Waals surface area contributed by atoms with Gasteiger partial charge >= 0.3 is 0 Å². The van der Waals surface area contributed by atoms with Gasteiger partial charge in [0.05, 0.1) is 32.5 Å². The van der Waals surface area contributed by atoms with E-state index in [-0.39, 0.29) is 30.1 Å². The summed E-state index contributed by atoms with van der Waals surface area (Å²) >= 11 is 0. The smallest absolute Gasteiger partial charge is 0.191 e. The summed E-state index contributed by atoms with van der Waals surface area (Å²) in [6.07, 6.45) is 3.41. The largest absolute Gasteiger partial charge is 0.377 e. The van der Waals surface area contributed by atoms with Gasteiger partial charge in [-0.1, -0.05) is 6.08 Å². The van der Waals surface area contributed by atoms with Gasteiger partial charge in [0, 0.05) is 13.1 Å². The maximum absolute atomic E-state index is 5.98. The minimum atomic E-state index is 0. The molecule has 2 aliphatic heterocycles. The van der Waals surface area contributed by atoms with Crippen molar-refractivity contribution in [2.45, 2.75) is 19.4 Å². The Kier molecular flexibility index (Phi) is 6.95. The highest BCUT2D eigenvalue weighted by atomic mass is 127. The maximum Gasteiger partial charge on any atom is 0.191 e. The molecule has 0 aromatic heterocycles. The van der Waals surface area contributed by atoms with Gasteiger partial charge in [0.25, 0.3) is 0 Å². The first kappa shape index (κ1) is 15.7. The molecule has 6 heteroatoms. The molecule has 0 spiro atoms. The van der Waals surface area contributed by atoms with E-state index in [0.717, 1.165) is 32.7 Å². The Labute approximate surface area is 125 Å². The molecule has 2 N–H and O–H groups in total. The van der Waals surface area contributed by atoms with Crippen molar-refractivity contribution in [2.75, 3.05) is 39.5 Å². The van der Waals surface area contributed by atoms with Gasteiger partial charge in [0.1, 0.15) is 0 Å². The predicted octanol–water partition coefficient (Wildman–Crippen LogP) is 0.986. The number of guanidine groups is 1. The fourth-order valence-electron chi connectivity index (χ4n) is 2.03. The molecule has 0 aliphatic carbocycles. The van der Waals surface area contributed by atoms with Crippen LogP contribution in [0.3, 0.4) is 0 Å². The van der Waals surface area contributed by atoms with Crippen molar-refractivity contribution in [2.24, 2.45) is 10.7 Å². The first-order chi connectivity index (χ1) is 8.25. The molecule has 1 fully saturated rings. The maximum atomic E-state index is 5.98. The fraction of sp³-hybridized carbons (Fsp3) is 0.750. The van der Waals surface area contributed by atoms with E-state index in [1.54, 1.807) is 0 Å². The van der Waals surface area contributed by atoms with Crippen LogP contribution < -0.4 is 5.73 Å². The van der Waals surface area contributed by atoms with Crippen LogP contribution in [-0.2, 0) is 9.47 Å². The summed E-state index contributed by atoms with van der Waals surface area (Å²) in [4.78, 5) is 6.50. The summed E-state index contributed by atoms with van der Waals surface area (Å²) < 4.78 is 10.8. The van der Waals surface area contributed by atoms with Crippen molar-refractivity contribution in [1.82, 2.24) is 4.90 Å². The number of hydrogen-bond acceptors (Lipinski definition) is 3. The molecule has 2 heterocycles. The molecular formula is C12H22IN3O2. The highest BCUT2D eigenvalue weighted by Gasteiger charge is 2.17. The summed E-state index contributed by atoms with van der Waals surface area (Å²) in [5.74, 6) is 0.617. The zero-order valence-corrected chi connectivity index (χ0v) is 13.1. The second-order valence-electron chi connectivity index (χ2n) is 4.51. The number of morpholine rings is 1. The van der Waals surface area contributed by atoms with Crippen molar-refractivity contribution >= 4 is 29.9 Å². The number of aliphatic imine (C=N–C) groups is 1. The number of hydrogen-bond donors (Lipinski definition) is 1. The molecular weight excluding hydrogens is 345 g/mol. The van der Waals surface area contributed by atoms with E-state index < -0.39 is 0 Å². The third-order valence-electron chi connectivity index (χ3n) is 2.99. The van der Waals surface area contributed by atoms with Gasteiger partial charge in [-0.2, -0.15) is 0 Å². The van der Waals surface area contributed by atoms with E-state index in [2.05, 4.69) is 22.9 Å². The van der Waals surface area contributed by atoms with E-state index in [1.165, 1.54) is 5.57 Å². The molecule has 2 rings (SSSR count). The Balaban J connectivity index is 0.00000162. The van der Waals surface area contributed by atoms with Crippen LogP contribution in [0.25, 0.3) is 0 Å². The van der Waals surface area contributed by atoms with Crippen LogP contribution in [0.1, 0.15) is 13.3 Å². The molecule has 0 bridgehead atoms. The fourth-order valence-corrected chi connectivity index (χ4v) is 2.03. The lowest BCUT2D eigenvalue weighted by atomic mass is 10.2. The molecule has 0 saturated carbocycles. The summed E-state index contributed by atoms with van der Waals surface area (Å²) in [5.41, 5.74) is 7.20. The monoisotopic (exact) mass is 367 g/mol. The van der Waals surface area contributed by atoms with E-state index >= 15 is 0 Å². The molecule has 5 nitrogen and oxygen atoms in total. The van der Waals surface area contributed by atoms with Crippen LogP contribution in [0.15, 0.2) is 16.6 Å². The highest BCUT2D eigenvalue weighted by molar-refractivity contribution is 14.0. The average Bonchev–Trinajstić information content (AvgIpc) is 2.37. The van der Waals surface area contributed by atoms with Crippen molar-refractivity contribution in [3.8, 4) is 0 Å². The Hall–Kier alpha value is -0.340. The Morgan fingerprint density at radius 2 is 2.39 bits per heavy atom. The molecule has 2 aliphatic rings. The molecule has 18 heavy (non-hydrogen) atoms. The standard InChI is InChI=1S/C12H21N3O2.HI/c1-10-8-15(4-6-17-10)12(13)14-7-11-3-2-5-16-9-11;/h3,10H,2,4-9H2,1H3,(H2,13,14);1H. The van der Waals surface area contributed by atoms with E-state index in [9.17, 15) is 0 Å². The predicted molar refractivity (Wildman–Crippen MR) is 82.4 cm³/mol. The molecule has 1 unspecified atom stereocenters. The number of nitrogens with zero attached hydrogens (tertiary/aromatic N) is 2. The van der Waals surface area contributed by atoms with Gasteiger partial charge in [-0.3, -0.25) is 0 Å². The Morgan fingerprint density at radius 1 is 1.56 bits per heavy atom. The van der Waals surface area contributed by atoms with E-state index in [0.29, 0.717) is 19.1 Å². The normalized spacial score (nSPS) is 25.4. The van der Waals surface area contributed by atoms with Crippen molar-refractivity contribution in [3.63, 3.8) is 0 Å². The molecule has 0 aromatic carbocycles. The van der Waals surface area contributed by atoms with Crippen LogP contribution in [0, 0.1) is 0 Å². The Morgan fingerprint density at radius 3 is 3.06 bits per heavy atom. The summed E-state index contributed by atoms with van der Waals surface area (Å²) in [6, 6.07) is 0. The summed E-state index contributed by atoms with van der Waals surface area (Å²) in [7, 11) is 0. The van der Waals surface area contributed by atoms with Gasteiger partial charge in [0.15, 0.2) is 5.96 Å². The lowest BCUT2D eigenvalue weighted by Gasteiger charge is -2.31. The molecule has 1 atom stereocenters. The zero-order chi connectivity index (χ0) is 12.1. The quantitative estimate of drug-likeness (QED) is 0.342. The van der Waals surface area contributed by atoms with E-state index in [1.807, 2.05) is 0 Å². The van der Waals surface area contributed by atoms with Crippen LogP contribution in [0.5, 0.6) is 0 Å². The van der Waals surface area contributed by atoms with Gasteiger partial charge in [0.2, 0.25) is 0 Å². The SMILES string of the molecule is CC1CN(C(N)=NCC2=CCCOC2)CCO1.I. The summed E-state index contributed by atoms with van der Waals surface area (Å²) in [5, 5.41) is 0. The zero-order valence-electron chi connectivity index (χ0n) is 10.8. The highest BCUT2D eigenvalue weighted by Crippen LogP contribution is 2.07. The molecule has 0 radical (unpaired) electrons. The van der Waals surface area contributed by atoms with E-state index in [4.69, 9.17) is 15.2 Å². The second kappa shape index (κ2) is 7.96. The van der Waals surface area contributed by atoms with Crippen LogP contribution in [-0.4, -0.2) is 56.4 Å². The van der Waals surface area contributed by atoms with Crippen molar-refractivity contribution in [1.29, 1.82) is 0 Å². The molecule has 0 aromatic rings.